The Hall–Kier alpha value is -1.49. The Labute approximate surface area is 181 Å². The first-order valence-corrected chi connectivity index (χ1v) is 9.22. The lowest BCUT2D eigenvalue weighted by Gasteiger charge is -2.32. The second-order valence-electron chi connectivity index (χ2n) is 7.24. The highest BCUT2D eigenvalue weighted by Gasteiger charge is 2.24. The standard InChI is InChI=1S/C19H26F2N4O2.HI/c1-24(2)18(26)10-23-19(22-9-13-4-6-27-12-13)25-5-3-16-14(11-25)7-15(20)8-17(16)21;/h7-8,13H,3-6,9-12H2,1-2H3,(H,22,23);1H. The van der Waals surface area contributed by atoms with Gasteiger partial charge in [-0.2, -0.15) is 0 Å². The van der Waals surface area contributed by atoms with Crippen LogP contribution in [0.1, 0.15) is 17.5 Å². The van der Waals surface area contributed by atoms with E-state index in [2.05, 4.69) is 10.3 Å². The number of halogens is 3. The third kappa shape index (κ3) is 5.76. The van der Waals surface area contributed by atoms with Gasteiger partial charge in [-0.05, 0) is 30.0 Å². The van der Waals surface area contributed by atoms with E-state index in [-0.39, 0.29) is 36.4 Å². The van der Waals surface area contributed by atoms with Gasteiger partial charge in [0.05, 0.1) is 6.61 Å². The van der Waals surface area contributed by atoms with Crippen molar-refractivity contribution in [1.29, 1.82) is 0 Å². The van der Waals surface area contributed by atoms with Crippen molar-refractivity contribution in [1.82, 2.24) is 15.1 Å². The predicted molar refractivity (Wildman–Crippen MR) is 114 cm³/mol. The van der Waals surface area contributed by atoms with E-state index >= 15 is 0 Å². The third-order valence-corrected chi connectivity index (χ3v) is 4.98. The van der Waals surface area contributed by atoms with E-state index in [0.717, 1.165) is 19.1 Å². The predicted octanol–water partition coefficient (Wildman–Crippen LogP) is 2.01. The maximum atomic E-state index is 14.0. The van der Waals surface area contributed by atoms with Gasteiger partial charge in [0.1, 0.15) is 18.2 Å². The second kappa shape index (κ2) is 10.3. The Morgan fingerprint density at radius 2 is 2.18 bits per heavy atom. The molecular weight excluding hydrogens is 481 g/mol. The number of likely N-dealkylation sites (N-methyl/N-ethyl adjacent to an activating group) is 1. The number of amides is 1. The maximum Gasteiger partial charge on any atom is 0.243 e. The summed E-state index contributed by atoms with van der Waals surface area (Å²) >= 11 is 0. The maximum absolute atomic E-state index is 14.0. The Bertz CT molecular complexity index is 724. The average molecular weight is 508 g/mol. The van der Waals surface area contributed by atoms with Crippen molar-refractivity contribution in [2.24, 2.45) is 10.9 Å². The van der Waals surface area contributed by atoms with Crippen LogP contribution in [0.4, 0.5) is 8.78 Å². The SMILES string of the molecule is CN(C)C(=O)CN=C(NCC1CCOC1)N1CCc2c(F)cc(F)cc2C1.I. The number of carbonyl (C=O) groups excluding carboxylic acids is 1. The molecule has 2 heterocycles. The molecule has 2 aliphatic heterocycles. The van der Waals surface area contributed by atoms with Crippen molar-refractivity contribution in [2.45, 2.75) is 19.4 Å². The van der Waals surface area contributed by atoms with Crippen LogP contribution in [0.5, 0.6) is 0 Å². The highest BCUT2D eigenvalue weighted by Crippen LogP contribution is 2.23. The first-order chi connectivity index (χ1) is 12.9. The molecular formula is C19H27F2IN4O2. The minimum atomic E-state index is -0.578. The summed E-state index contributed by atoms with van der Waals surface area (Å²) in [7, 11) is 3.37. The average Bonchev–Trinajstić information content (AvgIpc) is 3.14. The summed E-state index contributed by atoms with van der Waals surface area (Å²) in [6.45, 7) is 3.09. The molecule has 0 bridgehead atoms. The molecule has 1 amide bonds. The summed E-state index contributed by atoms with van der Waals surface area (Å²) < 4.78 is 33.0. The van der Waals surface area contributed by atoms with E-state index in [1.807, 2.05) is 4.90 Å². The lowest BCUT2D eigenvalue weighted by atomic mass is 9.99. The molecule has 9 heteroatoms. The quantitative estimate of drug-likeness (QED) is 0.384. The van der Waals surface area contributed by atoms with Crippen molar-refractivity contribution in [2.75, 3.05) is 46.9 Å². The largest absolute Gasteiger partial charge is 0.381 e. The fourth-order valence-electron chi connectivity index (χ4n) is 3.32. The van der Waals surface area contributed by atoms with Crippen molar-refractivity contribution >= 4 is 35.8 Å². The summed E-state index contributed by atoms with van der Waals surface area (Å²) in [5.74, 6) is -0.195. The zero-order valence-electron chi connectivity index (χ0n) is 16.2. The number of fused-ring (bicyclic) bond motifs is 1. The zero-order valence-corrected chi connectivity index (χ0v) is 18.5. The Morgan fingerprint density at radius 3 is 2.86 bits per heavy atom. The van der Waals surface area contributed by atoms with Crippen LogP contribution < -0.4 is 5.32 Å². The fraction of sp³-hybridized carbons (Fsp3) is 0.579. The molecule has 156 valence electrons. The third-order valence-electron chi connectivity index (χ3n) is 4.98. The fourth-order valence-corrected chi connectivity index (χ4v) is 3.32. The van der Waals surface area contributed by atoms with Crippen LogP contribution in [-0.2, 0) is 22.5 Å². The Balaban J connectivity index is 0.00000280. The van der Waals surface area contributed by atoms with E-state index in [9.17, 15) is 13.6 Å². The number of benzene rings is 1. The first kappa shape index (κ1) is 22.8. The highest BCUT2D eigenvalue weighted by molar-refractivity contribution is 14.0. The number of carbonyl (C=O) groups is 1. The Morgan fingerprint density at radius 1 is 1.39 bits per heavy atom. The molecule has 0 aliphatic carbocycles. The van der Waals surface area contributed by atoms with Crippen molar-refractivity contribution in [3.63, 3.8) is 0 Å². The molecule has 1 atom stereocenters. The van der Waals surface area contributed by atoms with Crippen LogP contribution in [0.3, 0.4) is 0 Å². The number of guanidine groups is 1. The molecule has 1 fully saturated rings. The molecule has 1 N–H and O–H groups in total. The van der Waals surface area contributed by atoms with E-state index in [4.69, 9.17) is 4.74 Å². The zero-order chi connectivity index (χ0) is 19.4. The molecule has 3 rings (SSSR count). The summed E-state index contributed by atoms with van der Waals surface area (Å²) in [5, 5.41) is 3.32. The van der Waals surface area contributed by atoms with Gasteiger partial charge < -0.3 is 19.9 Å². The number of hydrogen-bond acceptors (Lipinski definition) is 3. The van der Waals surface area contributed by atoms with Gasteiger partial charge in [-0.25, -0.2) is 13.8 Å². The number of aliphatic imine (C=N–C) groups is 1. The van der Waals surface area contributed by atoms with E-state index in [1.54, 1.807) is 14.1 Å². The van der Waals surface area contributed by atoms with Crippen LogP contribution in [0.15, 0.2) is 17.1 Å². The highest BCUT2D eigenvalue weighted by atomic mass is 127. The van der Waals surface area contributed by atoms with Crippen molar-refractivity contribution < 1.29 is 18.3 Å². The number of hydrogen-bond donors (Lipinski definition) is 1. The number of rotatable bonds is 4. The number of nitrogens with zero attached hydrogens (tertiary/aromatic N) is 3. The molecule has 1 aromatic rings. The van der Waals surface area contributed by atoms with Gasteiger partial charge in [0.25, 0.3) is 0 Å². The number of ether oxygens (including phenoxy) is 1. The van der Waals surface area contributed by atoms with E-state index in [0.29, 0.717) is 55.7 Å². The lowest BCUT2D eigenvalue weighted by molar-refractivity contribution is -0.127. The van der Waals surface area contributed by atoms with Gasteiger partial charge in [-0.3, -0.25) is 4.79 Å². The Kier molecular flexibility index (Phi) is 8.41. The minimum absolute atomic E-state index is 0. The summed E-state index contributed by atoms with van der Waals surface area (Å²) in [6.07, 6.45) is 1.45. The molecule has 2 aliphatic rings. The van der Waals surface area contributed by atoms with Gasteiger partial charge in [-0.1, -0.05) is 0 Å². The van der Waals surface area contributed by atoms with Crippen molar-refractivity contribution in [3.05, 3.63) is 34.9 Å². The molecule has 0 saturated carbocycles. The monoisotopic (exact) mass is 508 g/mol. The minimum Gasteiger partial charge on any atom is -0.381 e. The molecule has 1 aromatic carbocycles. The lowest BCUT2D eigenvalue weighted by Crippen LogP contribution is -2.46. The molecule has 28 heavy (non-hydrogen) atoms. The van der Waals surface area contributed by atoms with Gasteiger partial charge in [0, 0.05) is 52.3 Å². The molecule has 0 radical (unpaired) electrons. The van der Waals surface area contributed by atoms with Gasteiger partial charge in [0.15, 0.2) is 5.96 Å². The summed E-state index contributed by atoms with van der Waals surface area (Å²) in [5.41, 5.74) is 1.18. The first-order valence-electron chi connectivity index (χ1n) is 9.22. The van der Waals surface area contributed by atoms with E-state index < -0.39 is 11.6 Å². The van der Waals surface area contributed by atoms with Crippen LogP contribution in [0.2, 0.25) is 0 Å². The smallest absolute Gasteiger partial charge is 0.243 e. The molecule has 1 saturated heterocycles. The van der Waals surface area contributed by atoms with Crippen LogP contribution in [0, 0.1) is 17.6 Å². The van der Waals surface area contributed by atoms with Crippen molar-refractivity contribution in [3.8, 4) is 0 Å². The van der Waals surface area contributed by atoms with Gasteiger partial charge in [0.2, 0.25) is 5.91 Å². The molecule has 1 unspecified atom stereocenters. The van der Waals surface area contributed by atoms with Crippen LogP contribution >= 0.6 is 24.0 Å². The summed E-state index contributed by atoms with van der Waals surface area (Å²) in [6, 6.07) is 2.30. The van der Waals surface area contributed by atoms with Gasteiger partial charge >= 0.3 is 0 Å². The van der Waals surface area contributed by atoms with Crippen LogP contribution in [-0.4, -0.2) is 68.6 Å². The topological polar surface area (TPSA) is 57.2 Å². The van der Waals surface area contributed by atoms with E-state index in [1.165, 1.54) is 11.0 Å². The molecule has 0 aromatic heterocycles. The van der Waals surface area contributed by atoms with Crippen LogP contribution in [0.25, 0.3) is 0 Å². The molecule has 0 spiro atoms. The second-order valence-corrected chi connectivity index (χ2v) is 7.24. The number of nitrogens with one attached hydrogen (secondary N) is 1. The van der Waals surface area contributed by atoms with Gasteiger partial charge in [-0.15, -0.1) is 24.0 Å². The molecule has 6 nitrogen and oxygen atoms in total. The summed E-state index contributed by atoms with van der Waals surface area (Å²) in [4.78, 5) is 19.8. The normalized spacial score (nSPS) is 19.1.